The predicted molar refractivity (Wildman–Crippen MR) is 90.0 cm³/mol. The van der Waals surface area contributed by atoms with Crippen LogP contribution in [0.4, 0.5) is 5.69 Å². The van der Waals surface area contributed by atoms with E-state index in [-0.39, 0.29) is 12.0 Å². The van der Waals surface area contributed by atoms with Crippen LogP contribution in [0.3, 0.4) is 0 Å². The van der Waals surface area contributed by atoms with Crippen molar-refractivity contribution in [1.82, 2.24) is 0 Å². The van der Waals surface area contributed by atoms with Gasteiger partial charge in [0.1, 0.15) is 12.4 Å². The third-order valence-corrected chi connectivity index (χ3v) is 3.83. The molecule has 1 aliphatic heterocycles. The highest BCUT2D eigenvalue weighted by Gasteiger charge is 2.16. The largest absolute Gasteiger partial charge is 0.491 e. The smallest absolute Gasteiger partial charge is 0.255 e. The van der Waals surface area contributed by atoms with E-state index >= 15 is 0 Å². The lowest BCUT2D eigenvalue weighted by Gasteiger charge is -2.12. The fourth-order valence-corrected chi connectivity index (χ4v) is 2.53. The normalized spacial score (nSPS) is 16.4. The predicted octanol–water partition coefficient (Wildman–Crippen LogP) is 3.37. The average Bonchev–Trinajstić information content (AvgIpc) is 3.15. The Labute approximate surface area is 140 Å². The van der Waals surface area contributed by atoms with Crippen LogP contribution in [0, 0.1) is 11.3 Å². The summed E-state index contributed by atoms with van der Waals surface area (Å²) in [6.45, 7) is 1.36. The molecule has 3 rings (SSSR count). The van der Waals surface area contributed by atoms with Gasteiger partial charge >= 0.3 is 0 Å². The Balaban J connectivity index is 1.57. The van der Waals surface area contributed by atoms with Gasteiger partial charge in [-0.15, -0.1) is 0 Å². The Morgan fingerprint density at radius 2 is 2.12 bits per heavy atom. The van der Waals surface area contributed by atoms with Gasteiger partial charge in [-0.25, -0.2) is 0 Å². The third-order valence-electron chi connectivity index (χ3n) is 3.83. The summed E-state index contributed by atoms with van der Waals surface area (Å²) in [5.74, 6) is 0.495. The van der Waals surface area contributed by atoms with Crippen molar-refractivity contribution < 1.29 is 14.3 Å². The van der Waals surface area contributed by atoms with Crippen LogP contribution in [0.5, 0.6) is 5.75 Å². The quantitative estimate of drug-likeness (QED) is 0.916. The number of hydrogen-bond donors (Lipinski definition) is 1. The average molecular weight is 322 g/mol. The number of carbonyl (C=O) groups excluding carboxylic acids is 1. The molecule has 0 radical (unpaired) electrons. The van der Waals surface area contributed by atoms with E-state index in [0.717, 1.165) is 25.2 Å². The van der Waals surface area contributed by atoms with Gasteiger partial charge in [-0.1, -0.05) is 6.07 Å². The number of anilines is 1. The van der Waals surface area contributed by atoms with Crippen LogP contribution < -0.4 is 10.1 Å². The minimum Gasteiger partial charge on any atom is -0.491 e. The fourth-order valence-electron chi connectivity index (χ4n) is 2.53. The van der Waals surface area contributed by atoms with E-state index in [4.69, 9.17) is 14.7 Å². The van der Waals surface area contributed by atoms with Crippen molar-refractivity contribution in [3.63, 3.8) is 0 Å². The Bertz CT molecular complexity index is 744. The van der Waals surface area contributed by atoms with Crippen LogP contribution >= 0.6 is 0 Å². The summed E-state index contributed by atoms with van der Waals surface area (Å²) in [7, 11) is 0. The first-order valence-corrected chi connectivity index (χ1v) is 7.90. The Morgan fingerprint density at radius 1 is 1.29 bits per heavy atom. The van der Waals surface area contributed by atoms with Crippen molar-refractivity contribution >= 4 is 11.6 Å². The van der Waals surface area contributed by atoms with Gasteiger partial charge in [0.05, 0.1) is 17.7 Å². The van der Waals surface area contributed by atoms with Gasteiger partial charge in [0, 0.05) is 17.9 Å². The van der Waals surface area contributed by atoms with Crippen LogP contribution in [0.1, 0.15) is 28.8 Å². The van der Waals surface area contributed by atoms with E-state index in [1.54, 1.807) is 36.4 Å². The molecule has 1 heterocycles. The van der Waals surface area contributed by atoms with E-state index in [1.807, 2.05) is 18.2 Å². The van der Waals surface area contributed by atoms with Crippen molar-refractivity contribution in [3.8, 4) is 11.8 Å². The molecule has 0 aliphatic carbocycles. The van der Waals surface area contributed by atoms with Gasteiger partial charge in [0.2, 0.25) is 0 Å². The van der Waals surface area contributed by atoms with Crippen LogP contribution in [0.25, 0.3) is 0 Å². The van der Waals surface area contributed by atoms with Gasteiger partial charge in [0.15, 0.2) is 0 Å². The van der Waals surface area contributed by atoms with Gasteiger partial charge < -0.3 is 14.8 Å². The summed E-state index contributed by atoms with van der Waals surface area (Å²) in [6.07, 6.45) is 2.30. The molecule has 1 unspecified atom stereocenters. The lowest BCUT2D eigenvalue weighted by molar-refractivity contribution is 0.0679. The first-order valence-electron chi connectivity index (χ1n) is 7.90. The van der Waals surface area contributed by atoms with Gasteiger partial charge in [-0.3, -0.25) is 4.79 Å². The molecule has 1 N–H and O–H groups in total. The molecule has 1 saturated heterocycles. The summed E-state index contributed by atoms with van der Waals surface area (Å²) >= 11 is 0. The second-order valence-corrected chi connectivity index (χ2v) is 5.62. The summed E-state index contributed by atoms with van der Waals surface area (Å²) in [4.78, 5) is 12.2. The summed E-state index contributed by atoms with van der Waals surface area (Å²) in [6, 6.07) is 15.8. The molecule has 1 fully saturated rings. The van der Waals surface area contributed by atoms with Gasteiger partial charge in [-0.2, -0.15) is 5.26 Å². The van der Waals surface area contributed by atoms with E-state index in [0.29, 0.717) is 23.4 Å². The highest BCUT2D eigenvalue weighted by atomic mass is 16.5. The van der Waals surface area contributed by atoms with Crippen molar-refractivity contribution in [2.45, 2.75) is 18.9 Å². The van der Waals surface area contributed by atoms with Crippen molar-refractivity contribution in [2.75, 3.05) is 18.5 Å². The van der Waals surface area contributed by atoms with Crippen molar-refractivity contribution in [2.24, 2.45) is 0 Å². The minimum atomic E-state index is -0.250. The molecule has 0 saturated carbocycles. The summed E-state index contributed by atoms with van der Waals surface area (Å²) in [5.41, 5.74) is 1.58. The molecule has 0 bridgehead atoms. The maximum Gasteiger partial charge on any atom is 0.255 e. The van der Waals surface area contributed by atoms with Crippen LogP contribution in [-0.4, -0.2) is 25.2 Å². The number of nitriles is 1. The minimum absolute atomic E-state index is 0.178. The second-order valence-electron chi connectivity index (χ2n) is 5.62. The number of nitrogens with zero attached hydrogens (tertiary/aromatic N) is 1. The van der Waals surface area contributed by atoms with E-state index in [9.17, 15) is 4.79 Å². The zero-order chi connectivity index (χ0) is 16.8. The van der Waals surface area contributed by atoms with Gasteiger partial charge in [0.25, 0.3) is 5.91 Å². The number of nitrogens with one attached hydrogen (secondary N) is 1. The Hall–Kier alpha value is -2.84. The molecule has 24 heavy (non-hydrogen) atoms. The molecule has 1 atom stereocenters. The van der Waals surface area contributed by atoms with Crippen molar-refractivity contribution in [3.05, 3.63) is 59.7 Å². The first-order chi connectivity index (χ1) is 11.7. The number of ether oxygens (including phenoxy) is 2. The maximum absolute atomic E-state index is 12.2. The molecule has 0 spiro atoms. The highest BCUT2D eigenvalue weighted by molar-refractivity contribution is 6.04. The molecule has 5 heteroatoms. The lowest BCUT2D eigenvalue weighted by Crippen LogP contribution is -2.16. The lowest BCUT2D eigenvalue weighted by atomic mass is 10.1. The molecule has 5 nitrogen and oxygen atoms in total. The summed E-state index contributed by atoms with van der Waals surface area (Å²) < 4.78 is 11.2. The zero-order valence-corrected chi connectivity index (χ0v) is 13.2. The standard InChI is InChI=1S/C19H18N2O3/c20-12-14-3-1-4-15(11-14)19(22)21-16-6-8-17(9-7-16)24-13-18-5-2-10-23-18/h1,3-4,6-9,11,18H,2,5,10,13H2,(H,21,22). The monoisotopic (exact) mass is 322 g/mol. The topological polar surface area (TPSA) is 71.4 Å². The summed E-state index contributed by atoms with van der Waals surface area (Å²) in [5, 5.41) is 11.7. The molecule has 0 aromatic heterocycles. The number of rotatable bonds is 5. The Morgan fingerprint density at radius 3 is 2.83 bits per heavy atom. The number of hydrogen-bond acceptors (Lipinski definition) is 4. The second kappa shape index (κ2) is 7.62. The molecule has 1 aliphatic rings. The van der Waals surface area contributed by atoms with E-state index in [2.05, 4.69) is 5.32 Å². The number of amides is 1. The van der Waals surface area contributed by atoms with Gasteiger partial charge in [-0.05, 0) is 55.3 Å². The number of benzene rings is 2. The van der Waals surface area contributed by atoms with Crippen LogP contribution in [-0.2, 0) is 4.74 Å². The molecule has 2 aromatic rings. The first kappa shape index (κ1) is 16.0. The maximum atomic E-state index is 12.2. The fraction of sp³-hybridized carbons (Fsp3) is 0.263. The molecule has 2 aromatic carbocycles. The SMILES string of the molecule is N#Cc1cccc(C(=O)Nc2ccc(OCC3CCCO3)cc2)c1. The molecular weight excluding hydrogens is 304 g/mol. The van der Waals surface area contributed by atoms with Crippen LogP contribution in [0.2, 0.25) is 0 Å². The third kappa shape index (κ3) is 4.12. The zero-order valence-electron chi connectivity index (χ0n) is 13.2. The number of carbonyl (C=O) groups is 1. The molecular formula is C19H18N2O3. The highest BCUT2D eigenvalue weighted by Crippen LogP contribution is 2.19. The van der Waals surface area contributed by atoms with Crippen LogP contribution in [0.15, 0.2) is 48.5 Å². The molecule has 1 amide bonds. The Kier molecular flexibility index (Phi) is 5.09. The van der Waals surface area contributed by atoms with E-state index < -0.39 is 0 Å². The van der Waals surface area contributed by atoms with E-state index in [1.165, 1.54) is 0 Å². The molecule has 122 valence electrons. The van der Waals surface area contributed by atoms with Crippen molar-refractivity contribution in [1.29, 1.82) is 5.26 Å².